The van der Waals surface area contributed by atoms with Crippen LogP contribution < -0.4 is 5.32 Å². The standard InChI is InChI=1S/C9H8ClN3O/c1-11-9(14)6-2-5-3-8(10)12-4-7(5)13-6/h2-4,13H,1H3,(H,11,14). The molecule has 0 radical (unpaired) electrons. The Bertz CT molecular complexity index is 492. The number of hydrogen-bond acceptors (Lipinski definition) is 2. The van der Waals surface area contributed by atoms with Crippen LogP contribution in [0.5, 0.6) is 0 Å². The molecule has 0 aliphatic heterocycles. The van der Waals surface area contributed by atoms with Gasteiger partial charge in [-0.05, 0) is 12.1 Å². The van der Waals surface area contributed by atoms with Gasteiger partial charge in [0, 0.05) is 12.4 Å². The first-order chi connectivity index (χ1) is 6.70. The minimum absolute atomic E-state index is 0.155. The number of aromatic amines is 1. The van der Waals surface area contributed by atoms with E-state index in [0.29, 0.717) is 10.8 Å². The lowest BCUT2D eigenvalue weighted by Crippen LogP contribution is -2.17. The summed E-state index contributed by atoms with van der Waals surface area (Å²) < 4.78 is 0. The number of pyridine rings is 1. The molecule has 4 nitrogen and oxygen atoms in total. The molecule has 2 rings (SSSR count). The maximum Gasteiger partial charge on any atom is 0.267 e. The van der Waals surface area contributed by atoms with Gasteiger partial charge >= 0.3 is 0 Å². The van der Waals surface area contributed by atoms with Crippen LogP contribution in [-0.2, 0) is 0 Å². The van der Waals surface area contributed by atoms with E-state index in [9.17, 15) is 4.79 Å². The molecular weight excluding hydrogens is 202 g/mol. The monoisotopic (exact) mass is 209 g/mol. The number of hydrogen-bond donors (Lipinski definition) is 2. The molecule has 0 atom stereocenters. The Hall–Kier alpha value is -1.55. The smallest absolute Gasteiger partial charge is 0.267 e. The molecular formula is C9H8ClN3O. The highest BCUT2D eigenvalue weighted by Gasteiger charge is 2.07. The highest BCUT2D eigenvalue weighted by Crippen LogP contribution is 2.17. The fraction of sp³-hybridized carbons (Fsp3) is 0.111. The molecule has 0 unspecified atom stereocenters. The van der Waals surface area contributed by atoms with E-state index >= 15 is 0 Å². The number of H-pyrrole nitrogens is 1. The summed E-state index contributed by atoms with van der Waals surface area (Å²) >= 11 is 5.72. The average molecular weight is 210 g/mol. The topological polar surface area (TPSA) is 57.8 Å². The second-order valence-electron chi connectivity index (χ2n) is 2.86. The third kappa shape index (κ3) is 1.44. The third-order valence-corrected chi connectivity index (χ3v) is 2.15. The van der Waals surface area contributed by atoms with Crippen molar-refractivity contribution < 1.29 is 4.79 Å². The zero-order chi connectivity index (χ0) is 10.1. The molecule has 0 spiro atoms. The van der Waals surface area contributed by atoms with E-state index < -0.39 is 0 Å². The van der Waals surface area contributed by atoms with E-state index in [-0.39, 0.29) is 5.91 Å². The number of nitrogens with one attached hydrogen (secondary N) is 2. The summed E-state index contributed by atoms with van der Waals surface area (Å²) in [7, 11) is 1.58. The second kappa shape index (κ2) is 3.31. The van der Waals surface area contributed by atoms with Crippen molar-refractivity contribution in [1.29, 1.82) is 0 Å². The van der Waals surface area contributed by atoms with Crippen LogP contribution in [-0.4, -0.2) is 22.9 Å². The molecule has 5 heteroatoms. The molecule has 0 saturated carbocycles. The molecule has 2 N–H and O–H groups in total. The molecule has 0 fully saturated rings. The molecule has 0 aromatic carbocycles. The highest BCUT2D eigenvalue weighted by atomic mass is 35.5. The quantitative estimate of drug-likeness (QED) is 0.701. The van der Waals surface area contributed by atoms with Crippen LogP contribution >= 0.6 is 11.6 Å². The van der Waals surface area contributed by atoms with Crippen LogP contribution in [0.15, 0.2) is 18.3 Å². The van der Waals surface area contributed by atoms with Crippen LogP contribution in [0, 0.1) is 0 Å². The SMILES string of the molecule is CNC(=O)c1cc2cc(Cl)ncc2[nH]1. The van der Waals surface area contributed by atoms with Gasteiger partial charge in [-0.3, -0.25) is 4.79 Å². The van der Waals surface area contributed by atoms with Crippen molar-refractivity contribution >= 4 is 28.4 Å². The van der Waals surface area contributed by atoms with E-state index in [4.69, 9.17) is 11.6 Å². The van der Waals surface area contributed by atoms with Gasteiger partial charge in [-0.1, -0.05) is 11.6 Å². The Kier molecular flexibility index (Phi) is 2.13. The lowest BCUT2D eigenvalue weighted by molar-refractivity contribution is 0.0959. The number of fused-ring (bicyclic) bond motifs is 1. The van der Waals surface area contributed by atoms with Crippen molar-refractivity contribution in [1.82, 2.24) is 15.3 Å². The van der Waals surface area contributed by atoms with Gasteiger partial charge in [0.05, 0.1) is 11.7 Å². The molecule has 2 aromatic rings. The summed E-state index contributed by atoms with van der Waals surface area (Å²) in [5.74, 6) is -0.155. The molecule has 0 aliphatic rings. The molecule has 0 aliphatic carbocycles. The second-order valence-corrected chi connectivity index (χ2v) is 3.24. The lowest BCUT2D eigenvalue weighted by atomic mass is 10.3. The average Bonchev–Trinajstić information content (AvgIpc) is 2.59. The number of rotatable bonds is 1. The van der Waals surface area contributed by atoms with E-state index in [2.05, 4.69) is 15.3 Å². The first kappa shape index (κ1) is 9.02. The normalized spacial score (nSPS) is 10.4. The fourth-order valence-electron chi connectivity index (χ4n) is 1.26. The summed E-state index contributed by atoms with van der Waals surface area (Å²) in [6, 6.07) is 3.45. The Morgan fingerprint density at radius 3 is 3.07 bits per heavy atom. The van der Waals surface area contributed by atoms with E-state index in [1.807, 2.05) is 0 Å². The first-order valence-corrected chi connectivity index (χ1v) is 4.45. The number of carbonyl (C=O) groups is 1. The number of aromatic nitrogens is 2. The van der Waals surface area contributed by atoms with Gasteiger partial charge in [0.2, 0.25) is 0 Å². The van der Waals surface area contributed by atoms with Crippen molar-refractivity contribution in [2.75, 3.05) is 7.05 Å². The summed E-state index contributed by atoms with van der Waals surface area (Å²) in [5.41, 5.74) is 1.31. The van der Waals surface area contributed by atoms with Crippen molar-refractivity contribution in [3.05, 3.63) is 29.2 Å². The van der Waals surface area contributed by atoms with Gasteiger partial charge in [-0.2, -0.15) is 0 Å². The number of nitrogens with zero attached hydrogens (tertiary/aromatic N) is 1. The zero-order valence-electron chi connectivity index (χ0n) is 7.47. The molecule has 14 heavy (non-hydrogen) atoms. The summed E-state index contributed by atoms with van der Waals surface area (Å²) in [6.45, 7) is 0. The van der Waals surface area contributed by atoms with Crippen LogP contribution in [0.3, 0.4) is 0 Å². The van der Waals surface area contributed by atoms with E-state index in [1.165, 1.54) is 0 Å². The van der Waals surface area contributed by atoms with Gasteiger partial charge in [-0.15, -0.1) is 0 Å². The van der Waals surface area contributed by atoms with Crippen LogP contribution in [0.2, 0.25) is 5.15 Å². The molecule has 0 bridgehead atoms. The number of halogens is 1. The first-order valence-electron chi connectivity index (χ1n) is 4.07. The lowest BCUT2D eigenvalue weighted by Gasteiger charge is -1.92. The molecule has 2 heterocycles. The maximum absolute atomic E-state index is 11.3. The fourth-order valence-corrected chi connectivity index (χ4v) is 1.43. The molecule has 72 valence electrons. The maximum atomic E-state index is 11.3. The Morgan fingerprint density at radius 2 is 2.36 bits per heavy atom. The highest BCUT2D eigenvalue weighted by molar-refractivity contribution is 6.30. The minimum atomic E-state index is -0.155. The van der Waals surface area contributed by atoms with E-state index in [0.717, 1.165) is 10.9 Å². The summed E-state index contributed by atoms with van der Waals surface area (Å²) in [6.07, 6.45) is 1.60. The largest absolute Gasteiger partial charge is 0.354 e. The predicted molar refractivity (Wildman–Crippen MR) is 54.5 cm³/mol. The number of carbonyl (C=O) groups excluding carboxylic acids is 1. The van der Waals surface area contributed by atoms with Gasteiger partial charge in [0.1, 0.15) is 10.8 Å². The number of amides is 1. The molecule has 2 aromatic heterocycles. The zero-order valence-corrected chi connectivity index (χ0v) is 8.22. The summed E-state index contributed by atoms with van der Waals surface area (Å²) in [5, 5.41) is 3.83. The van der Waals surface area contributed by atoms with E-state index in [1.54, 1.807) is 25.4 Å². The van der Waals surface area contributed by atoms with Gasteiger partial charge in [0.25, 0.3) is 5.91 Å². The third-order valence-electron chi connectivity index (χ3n) is 1.94. The van der Waals surface area contributed by atoms with Crippen molar-refractivity contribution in [3.8, 4) is 0 Å². The van der Waals surface area contributed by atoms with Crippen LogP contribution in [0.4, 0.5) is 0 Å². The summed E-state index contributed by atoms with van der Waals surface area (Å²) in [4.78, 5) is 18.1. The van der Waals surface area contributed by atoms with Crippen molar-refractivity contribution in [3.63, 3.8) is 0 Å². The van der Waals surface area contributed by atoms with Crippen LogP contribution in [0.25, 0.3) is 10.9 Å². The van der Waals surface area contributed by atoms with Crippen LogP contribution in [0.1, 0.15) is 10.5 Å². The van der Waals surface area contributed by atoms with Crippen molar-refractivity contribution in [2.24, 2.45) is 0 Å². The van der Waals surface area contributed by atoms with Gasteiger partial charge in [0.15, 0.2) is 0 Å². The minimum Gasteiger partial charge on any atom is -0.354 e. The van der Waals surface area contributed by atoms with Crippen molar-refractivity contribution in [2.45, 2.75) is 0 Å². The molecule has 0 saturated heterocycles. The Balaban J connectivity index is 2.56. The van der Waals surface area contributed by atoms with Gasteiger partial charge in [-0.25, -0.2) is 4.98 Å². The van der Waals surface area contributed by atoms with Gasteiger partial charge < -0.3 is 10.3 Å². The predicted octanol–water partition coefficient (Wildman–Crippen LogP) is 1.58. The Labute approximate surface area is 85.3 Å². The molecule has 1 amide bonds. The Morgan fingerprint density at radius 1 is 1.57 bits per heavy atom.